The van der Waals surface area contributed by atoms with Crippen LogP contribution in [0.25, 0.3) is 10.9 Å². The van der Waals surface area contributed by atoms with E-state index in [0.29, 0.717) is 29.0 Å². The molecule has 1 saturated heterocycles. The molecule has 0 radical (unpaired) electrons. The Morgan fingerprint density at radius 1 is 1.25 bits per heavy atom. The van der Waals surface area contributed by atoms with Crippen molar-refractivity contribution in [3.63, 3.8) is 0 Å². The van der Waals surface area contributed by atoms with E-state index in [4.69, 9.17) is 5.73 Å². The summed E-state index contributed by atoms with van der Waals surface area (Å²) in [6.45, 7) is 2.67. The minimum Gasteiger partial charge on any atom is -0.383 e. The lowest BCUT2D eigenvalue weighted by molar-refractivity contribution is -0.146. The fraction of sp³-hybridized carbons (Fsp3) is 0.300. The van der Waals surface area contributed by atoms with Gasteiger partial charge in [0, 0.05) is 6.54 Å². The molecule has 8 heteroatoms. The summed E-state index contributed by atoms with van der Waals surface area (Å²) in [5.74, 6) is -0.671. The number of amides is 2. The zero-order valence-corrected chi connectivity index (χ0v) is 15.6. The van der Waals surface area contributed by atoms with E-state index in [1.54, 1.807) is 4.90 Å². The molecule has 4 N–H and O–H groups in total. The molecule has 144 valence electrons. The molecule has 2 aromatic heterocycles. The second-order valence-corrected chi connectivity index (χ2v) is 7.14. The van der Waals surface area contributed by atoms with Gasteiger partial charge in [-0.25, -0.2) is 4.98 Å². The van der Waals surface area contributed by atoms with Crippen LogP contribution >= 0.6 is 0 Å². The Labute approximate surface area is 162 Å². The number of fused-ring (bicyclic) bond motifs is 1. The molecule has 3 aromatic rings. The maximum atomic E-state index is 13.0. The summed E-state index contributed by atoms with van der Waals surface area (Å²) < 4.78 is 0. The van der Waals surface area contributed by atoms with Crippen LogP contribution in [0.5, 0.6) is 0 Å². The number of nitrogens with zero attached hydrogens (tertiary/aromatic N) is 3. The van der Waals surface area contributed by atoms with E-state index in [0.717, 1.165) is 18.4 Å². The van der Waals surface area contributed by atoms with E-state index in [2.05, 4.69) is 27.4 Å². The quantitative estimate of drug-likeness (QED) is 0.592. The maximum absolute atomic E-state index is 13.0. The minimum absolute atomic E-state index is 0.120. The number of aromatic nitrogens is 3. The molecule has 0 aliphatic carbocycles. The molecule has 0 saturated carbocycles. The van der Waals surface area contributed by atoms with E-state index in [-0.39, 0.29) is 12.0 Å². The van der Waals surface area contributed by atoms with E-state index >= 15 is 0 Å². The van der Waals surface area contributed by atoms with Crippen LogP contribution in [0.2, 0.25) is 0 Å². The standard InChI is InChI=1S/C20H22N6O2/c1-12-6-5-9-26(17(12)13-7-3-2-4-8-13)20(28)19(27)24-15-11-22-18(21)14-10-23-25-16(14)15/h2-4,7-8,10-12,17H,5-6,9H2,1H3,(H2,21,22)(H,23,25)(H,24,27)/t12-,17-/m1/s1. The van der Waals surface area contributed by atoms with Crippen molar-refractivity contribution in [2.45, 2.75) is 25.8 Å². The second kappa shape index (κ2) is 7.30. The van der Waals surface area contributed by atoms with Gasteiger partial charge in [-0.05, 0) is 24.3 Å². The van der Waals surface area contributed by atoms with Crippen LogP contribution in [-0.2, 0) is 9.59 Å². The number of aromatic amines is 1. The summed E-state index contributed by atoms with van der Waals surface area (Å²) in [7, 11) is 0. The van der Waals surface area contributed by atoms with Gasteiger partial charge in [0.1, 0.15) is 5.82 Å². The van der Waals surface area contributed by atoms with Gasteiger partial charge in [-0.2, -0.15) is 5.10 Å². The topological polar surface area (TPSA) is 117 Å². The van der Waals surface area contributed by atoms with Crippen LogP contribution < -0.4 is 11.1 Å². The predicted octanol–water partition coefficient (Wildman–Crippen LogP) is 2.48. The molecule has 8 nitrogen and oxygen atoms in total. The van der Waals surface area contributed by atoms with E-state index < -0.39 is 11.8 Å². The lowest BCUT2D eigenvalue weighted by atomic mass is 9.86. The number of benzene rings is 1. The Hall–Kier alpha value is -3.42. The number of nitrogen functional groups attached to an aromatic ring is 1. The summed E-state index contributed by atoms with van der Waals surface area (Å²) in [5.41, 5.74) is 7.78. The van der Waals surface area contributed by atoms with Gasteiger partial charge in [0.05, 0.1) is 35.0 Å². The van der Waals surface area contributed by atoms with Crippen molar-refractivity contribution in [3.05, 3.63) is 48.3 Å². The number of nitrogens with one attached hydrogen (secondary N) is 2. The number of piperidine rings is 1. The molecule has 2 amide bonds. The Kier molecular flexibility index (Phi) is 4.68. The molecule has 0 spiro atoms. The van der Waals surface area contributed by atoms with Gasteiger partial charge in [0.15, 0.2) is 0 Å². The number of rotatable bonds is 2. The summed E-state index contributed by atoms with van der Waals surface area (Å²) >= 11 is 0. The van der Waals surface area contributed by atoms with Crippen LogP contribution in [-0.4, -0.2) is 38.4 Å². The van der Waals surface area contributed by atoms with Crippen molar-refractivity contribution in [2.24, 2.45) is 5.92 Å². The SMILES string of the molecule is C[C@@H]1CCCN(C(=O)C(=O)Nc2cnc(N)c3cn[nH]c23)[C@H]1c1ccccc1. The Morgan fingerprint density at radius 2 is 2.04 bits per heavy atom. The van der Waals surface area contributed by atoms with E-state index in [9.17, 15) is 9.59 Å². The number of H-pyrrole nitrogens is 1. The highest BCUT2D eigenvalue weighted by Crippen LogP contribution is 2.36. The molecule has 1 aliphatic heterocycles. The number of hydrogen-bond donors (Lipinski definition) is 3. The normalized spacial score (nSPS) is 19.5. The van der Waals surface area contributed by atoms with Gasteiger partial charge in [-0.3, -0.25) is 14.7 Å². The van der Waals surface area contributed by atoms with Crippen molar-refractivity contribution in [2.75, 3.05) is 17.6 Å². The molecule has 1 aliphatic rings. The molecule has 1 fully saturated rings. The highest BCUT2D eigenvalue weighted by atomic mass is 16.2. The fourth-order valence-corrected chi connectivity index (χ4v) is 3.93. The average Bonchev–Trinajstić information content (AvgIpc) is 3.21. The van der Waals surface area contributed by atoms with Gasteiger partial charge in [0.25, 0.3) is 0 Å². The first-order valence-electron chi connectivity index (χ1n) is 9.30. The summed E-state index contributed by atoms with van der Waals surface area (Å²) in [5, 5.41) is 9.98. The van der Waals surface area contributed by atoms with Gasteiger partial charge >= 0.3 is 11.8 Å². The van der Waals surface area contributed by atoms with Gasteiger partial charge < -0.3 is 16.0 Å². The Morgan fingerprint density at radius 3 is 2.82 bits per heavy atom. The molecule has 3 heterocycles. The van der Waals surface area contributed by atoms with Crippen molar-refractivity contribution in [3.8, 4) is 0 Å². The first kappa shape index (κ1) is 18.0. The predicted molar refractivity (Wildman–Crippen MR) is 106 cm³/mol. The minimum atomic E-state index is -0.697. The number of hydrogen-bond acceptors (Lipinski definition) is 5. The van der Waals surface area contributed by atoms with Gasteiger partial charge in [-0.1, -0.05) is 37.3 Å². The van der Waals surface area contributed by atoms with E-state index in [1.165, 1.54) is 12.4 Å². The summed E-state index contributed by atoms with van der Waals surface area (Å²) in [6, 6.07) is 9.73. The van der Waals surface area contributed by atoms with Crippen LogP contribution in [0.3, 0.4) is 0 Å². The number of likely N-dealkylation sites (tertiary alicyclic amines) is 1. The van der Waals surface area contributed by atoms with Gasteiger partial charge in [-0.15, -0.1) is 0 Å². The smallest absolute Gasteiger partial charge is 0.314 e. The number of anilines is 2. The maximum Gasteiger partial charge on any atom is 0.314 e. The monoisotopic (exact) mass is 378 g/mol. The Balaban J connectivity index is 1.59. The highest BCUT2D eigenvalue weighted by molar-refractivity contribution is 6.40. The molecule has 4 rings (SSSR count). The molecular weight excluding hydrogens is 356 g/mol. The molecule has 28 heavy (non-hydrogen) atoms. The lowest BCUT2D eigenvalue weighted by Crippen LogP contribution is -2.46. The molecular formula is C20H22N6O2. The first-order chi connectivity index (χ1) is 13.6. The van der Waals surface area contributed by atoms with Crippen LogP contribution in [0.1, 0.15) is 31.4 Å². The number of carbonyl (C=O) groups is 2. The lowest BCUT2D eigenvalue weighted by Gasteiger charge is -2.40. The van der Waals surface area contributed by atoms with Gasteiger partial charge in [0.2, 0.25) is 0 Å². The third-order valence-corrected chi connectivity index (χ3v) is 5.30. The zero-order chi connectivity index (χ0) is 19.7. The number of pyridine rings is 1. The number of carbonyl (C=O) groups excluding carboxylic acids is 2. The summed E-state index contributed by atoms with van der Waals surface area (Å²) in [6.07, 6.45) is 4.85. The van der Waals surface area contributed by atoms with Crippen molar-refractivity contribution >= 4 is 34.2 Å². The zero-order valence-electron chi connectivity index (χ0n) is 15.6. The largest absolute Gasteiger partial charge is 0.383 e. The fourth-order valence-electron chi connectivity index (χ4n) is 3.93. The van der Waals surface area contributed by atoms with Crippen molar-refractivity contribution in [1.82, 2.24) is 20.1 Å². The van der Waals surface area contributed by atoms with Crippen LogP contribution in [0.4, 0.5) is 11.5 Å². The van der Waals surface area contributed by atoms with Crippen LogP contribution in [0.15, 0.2) is 42.7 Å². The first-order valence-corrected chi connectivity index (χ1v) is 9.30. The Bertz CT molecular complexity index is 1020. The molecule has 0 bridgehead atoms. The van der Waals surface area contributed by atoms with Crippen molar-refractivity contribution in [1.29, 1.82) is 0 Å². The molecule has 1 aromatic carbocycles. The second-order valence-electron chi connectivity index (χ2n) is 7.14. The van der Waals surface area contributed by atoms with E-state index in [1.807, 2.05) is 30.3 Å². The number of nitrogens with two attached hydrogens (primary N) is 1. The molecule has 2 atom stereocenters. The summed E-state index contributed by atoms with van der Waals surface area (Å²) in [4.78, 5) is 31.5. The van der Waals surface area contributed by atoms with Crippen LogP contribution in [0, 0.1) is 5.92 Å². The molecule has 0 unspecified atom stereocenters. The average molecular weight is 378 g/mol. The third-order valence-electron chi connectivity index (χ3n) is 5.30. The van der Waals surface area contributed by atoms with Crippen molar-refractivity contribution < 1.29 is 9.59 Å². The highest BCUT2D eigenvalue weighted by Gasteiger charge is 2.35. The third kappa shape index (κ3) is 3.17.